The second-order valence-electron chi connectivity index (χ2n) is 8.99. The van der Waals surface area contributed by atoms with Gasteiger partial charge >= 0.3 is 0 Å². The van der Waals surface area contributed by atoms with Crippen LogP contribution in [-0.4, -0.2) is 59.4 Å². The zero-order valence-corrected chi connectivity index (χ0v) is 19.0. The lowest BCUT2D eigenvalue weighted by Crippen LogP contribution is -2.49. The van der Waals surface area contributed by atoms with Crippen molar-refractivity contribution in [2.75, 3.05) is 25.0 Å². The number of carbonyl (C=O) groups is 2. The van der Waals surface area contributed by atoms with E-state index in [1.807, 2.05) is 40.1 Å². The summed E-state index contributed by atoms with van der Waals surface area (Å²) < 4.78 is 5.74. The molecule has 0 aliphatic carbocycles. The lowest BCUT2D eigenvalue weighted by Gasteiger charge is -2.38. The van der Waals surface area contributed by atoms with Crippen molar-refractivity contribution in [1.29, 1.82) is 0 Å². The lowest BCUT2D eigenvalue weighted by molar-refractivity contribution is -0.139. The fourth-order valence-electron chi connectivity index (χ4n) is 4.84. The largest absolute Gasteiger partial charge is 0.484 e. The molecule has 2 saturated heterocycles. The molecule has 6 nitrogen and oxygen atoms in total. The number of likely N-dealkylation sites (tertiary alicyclic amines) is 2. The molecule has 0 aromatic heterocycles. The van der Waals surface area contributed by atoms with Gasteiger partial charge in [0, 0.05) is 42.5 Å². The van der Waals surface area contributed by atoms with E-state index in [1.54, 1.807) is 24.3 Å². The van der Waals surface area contributed by atoms with E-state index >= 15 is 0 Å². The summed E-state index contributed by atoms with van der Waals surface area (Å²) in [6.45, 7) is 5.66. The number of carbonyl (C=O) groups excluding carboxylic acids is 2. The van der Waals surface area contributed by atoms with Crippen molar-refractivity contribution in [3.8, 4) is 5.75 Å². The van der Waals surface area contributed by atoms with E-state index in [9.17, 15) is 9.59 Å². The Morgan fingerprint density at radius 2 is 1.66 bits per heavy atom. The molecule has 3 unspecified atom stereocenters. The third-order valence-electron chi connectivity index (χ3n) is 6.57. The molecule has 2 aliphatic rings. The van der Waals surface area contributed by atoms with Gasteiger partial charge in [-0.3, -0.25) is 9.59 Å². The molecule has 2 aromatic rings. The second-order valence-corrected chi connectivity index (χ2v) is 8.99. The highest BCUT2D eigenvalue weighted by Gasteiger charge is 2.29. The van der Waals surface area contributed by atoms with Crippen LogP contribution in [0.25, 0.3) is 0 Å². The molecule has 3 atom stereocenters. The number of nitrogens with zero attached hydrogens (tertiary/aromatic N) is 2. The Kier molecular flexibility index (Phi) is 6.98. The van der Waals surface area contributed by atoms with Crippen LogP contribution >= 0.6 is 0 Å². The number of rotatable bonds is 6. The molecular formula is C26H33N3O3. The van der Waals surface area contributed by atoms with Crippen LogP contribution in [0.1, 0.15) is 49.9 Å². The molecule has 0 radical (unpaired) electrons. The van der Waals surface area contributed by atoms with Gasteiger partial charge in [-0.05, 0) is 75.9 Å². The minimum absolute atomic E-state index is 0.0267. The van der Waals surface area contributed by atoms with Crippen LogP contribution in [-0.2, 0) is 4.79 Å². The predicted octanol–water partition coefficient (Wildman–Crippen LogP) is 4.18. The highest BCUT2D eigenvalue weighted by Crippen LogP contribution is 2.23. The minimum atomic E-state index is 0.0267. The SMILES string of the molecule is CC1CCCC(C)N1C(=O)COc1ccc(C(=O)N2CCC(Nc3ccccc3)C2)cc1. The summed E-state index contributed by atoms with van der Waals surface area (Å²) in [5.74, 6) is 0.664. The molecule has 2 amide bonds. The summed E-state index contributed by atoms with van der Waals surface area (Å²) in [4.78, 5) is 29.4. The zero-order chi connectivity index (χ0) is 22.5. The first-order chi connectivity index (χ1) is 15.5. The molecule has 4 rings (SSSR count). The van der Waals surface area contributed by atoms with E-state index in [-0.39, 0.29) is 36.5 Å². The van der Waals surface area contributed by atoms with Crippen LogP contribution in [0.15, 0.2) is 54.6 Å². The first-order valence-corrected chi connectivity index (χ1v) is 11.7. The van der Waals surface area contributed by atoms with Crippen molar-refractivity contribution < 1.29 is 14.3 Å². The predicted molar refractivity (Wildman–Crippen MR) is 126 cm³/mol. The number of ether oxygens (including phenoxy) is 1. The summed E-state index contributed by atoms with van der Waals surface area (Å²) in [6, 6.07) is 18.0. The fourth-order valence-corrected chi connectivity index (χ4v) is 4.84. The number of para-hydroxylation sites is 1. The van der Waals surface area contributed by atoms with Crippen LogP contribution in [0.3, 0.4) is 0 Å². The van der Waals surface area contributed by atoms with Crippen molar-refractivity contribution in [2.45, 2.75) is 57.7 Å². The lowest BCUT2D eigenvalue weighted by atomic mass is 9.97. The minimum Gasteiger partial charge on any atom is -0.484 e. The molecule has 170 valence electrons. The number of hydrogen-bond acceptors (Lipinski definition) is 4. The smallest absolute Gasteiger partial charge is 0.260 e. The molecule has 6 heteroatoms. The molecule has 0 bridgehead atoms. The highest BCUT2D eigenvalue weighted by molar-refractivity contribution is 5.94. The Bertz CT molecular complexity index is 906. The van der Waals surface area contributed by atoms with E-state index in [2.05, 4.69) is 19.2 Å². The summed E-state index contributed by atoms with van der Waals surface area (Å²) in [7, 11) is 0. The number of anilines is 1. The normalized spacial score (nSPS) is 23.1. The first-order valence-electron chi connectivity index (χ1n) is 11.7. The van der Waals surface area contributed by atoms with E-state index in [4.69, 9.17) is 4.74 Å². The molecule has 0 saturated carbocycles. The van der Waals surface area contributed by atoms with Gasteiger partial charge in [0.15, 0.2) is 6.61 Å². The molecule has 32 heavy (non-hydrogen) atoms. The molecule has 2 heterocycles. The van der Waals surface area contributed by atoms with Crippen molar-refractivity contribution in [1.82, 2.24) is 9.80 Å². The number of piperidine rings is 1. The van der Waals surface area contributed by atoms with Crippen LogP contribution in [0.5, 0.6) is 5.75 Å². The van der Waals surface area contributed by atoms with Crippen LogP contribution < -0.4 is 10.1 Å². The monoisotopic (exact) mass is 435 g/mol. The van der Waals surface area contributed by atoms with Crippen molar-refractivity contribution in [2.24, 2.45) is 0 Å². The second kappa shape index (κ2) is 10.1. The molecule has 1 N–H and O–H groups in total. The van der Waals surface area contributed by atoms with Gasteiger partial charge in [-0.25, -0.2) is 0 Å². The maximum absolute atomic E-state index is 12.9. The fraction of sp³-hybridized carbons (Fsp3) is 0.462. The molecule has 2 fully saturated rings. The molecule has 0 spiro atoms. The number of hydrogen-bond donors (Lipinski definition) is 1. The Morgan fingerprint density at radius 3 is 2.34 bits per heavy atom. The molecular weight excluding hydrogens is 402 g/mol. The first kappa shape index (κ1) is 22.2. The maximum atomic E-state index is 12.9. The summed E-state index contributed by atoms with van der Waals surface area (Å²) in [5, 5.41) is 3.50. The van der Waals surface area contributed by atoms with Gasteiger partial charge in [0.05, 0.1) is 0 Å². The molecule has 2 aromatic carbocycles. The van der Waals surface area contributed by atoms with E-state index in [0.717, 1.165) is 31.5 Å². The Morgan fingerprint density at radius 1 is 0.969 bits per heavy atom. The average molecular weight is 436 g/mol. The zero-order valence-electron chi connectivity index (χ0n) is 19.0. The van der Waals surface area contributed by atoms with Gasteiger partial charge in [-0.2, -0.15) is 0 Å². The Labute approximate surface area is 190 Å². The van der Waals surface area contributed by atoms with Gasteiger partial charge in [0.25, 0.3) is 11.8 Å². The summed E-state index contributed by atoms with van der Waals surface area (Å²) in [6.07, 6.45) is 4.19. The Hall–Kier alpha value is -3.02. The summed E-state index contributed by atoms with van der Waals surface area (Å²) in [5.41, 5.74) is 1.72. The maximum Gasteiger partial charge on any atom is 0.260 e. The van der Waals surface area contributed by atoms with Gasteiger partial charge in [-0.1, -0.05) is 18.2 Å². The van der Waals surface area contributed by atoms with Gasteiger partial charge < -0.3 is 19.9 Å². The summed E-state index contributed by atoms with van der Waals surface area (Å²) >= 11 is 0. The van der Waals surface area contributed by atoms with Crippen LogP contribution in [0, 0.1) is 0 Å². The van der Waals surface area contributed by atoms with E-state index in [0.29, 0.717) is 17.9 Å². The number of benzene rings is 2. The van der Waals surface area contributed by atoms with Gasteiger partial charge in [0.2, 0.25) is 0 Å². The standard InChI is InChI=1S/C26H33N3O3/c1-19-7-6-8-20(2)29(19)25(30)18-32-24-13-11-21(12-14-24)26(31)28-16-15-23(17-28)27-22-9-4-3-5-10-22/h3-5,9-14,19-20,23,27H,6-8,15-18H2,1-2H3. The van der Waals surface area contributed by atoms with Crippen LogP contribution in [0.2, 0.25) is 0 Å². The quantitative estimate of drug-likeness (QED) is 0.739. The van der Waals surface area contributed by atoms with Gasteiger partial charge in [-0.15, -0.1) is 0 Å². The number of nitrogens with one attached hydrogen (secondary N) is 1. The highest BCUT2D eigenvalue weighted by atomic mass is 16.5. The van der Waals surface area contributed by atoms with Crippen molar-refractivity contribution >= 4 is 17.5 Å². The van der Waals surface area contributed by atoms with Crippen LogP contribution in [0.4, 0.5) is 5.69 Å². The third kappa shape index (κ3) is 5.23. The van der Waals surface area contributed by atoms with E-state index < -0.39 is 0 Å². The third-order valence-corrected chi connectivity index (χ3v) is 6.57. The number of amides is 2. The molecule has 2 aliphatic heterocycles. The van der Waals surface area contributed by atoms with Crippen molar-refractivity contribution in [3.05, 3.63) is 60.2 Å². The topological polar surface area (TPSA) is 61.9 Å². The Balaban J connectivity index is 1.28. The average Bonchev–Trinajstić information content (AvgIpc) is 3.26. The van der Waals surface area contributed by atoms with Crippen molar-refractivity contribution in [3.63, 3.8) is 0 Å². The van der Waals surface area contributed by atoms with E-state index in [1.165, 1.54) is 6.42 Å². The van der Waals surface area contributed by atoms with Gasteiger partial charge in [0.1, 0.15) is 5.75 Å².